The summed E-state index contributed by atoms with van der Waals surface area (Å²) in [4.78, 5) is 30.6. The van der Waals surface area contributed by atoms with E-state index in [2.05, 4.69) is 4.98 Å². The van der Waals surface area contributed by atoms with Crippen LogP contribution in [0.5, 0.6) is 0 Å². The Morgan fingerprint density at radius 1 is 1.14 bits per heavy atom. The van der Waals surface area contributed by atoms with Crippen molar-refractivity contribution >= 4 is 59.1 Å². The number of nitrogens with zero attached hydrogens (tertiary/aromatic N) is 3. The van der Waals surface area contributed by atoms with Crippen LogP contribution in [0.1, 0.15) is 0 Å². The molecular formula is C13H13Cl2N3O3. The monoisotopic (exact) mass is 329 g/mol. The number of anilines is 2. The second kappa shape index (κ2) is 6.15. The van der Waals surface area contributed by atoms with Crippen LogP contribution in [0.25, 0.3) is 11.0 Å². The standard InChI is InChI=1S/C13H11N3O3.2ClH/c1-15(2)13-8-5-6-19-12(8)9(7-14-13)16-10(17)3-4-11(16)18;;/h3-7H,1-2H3;2*1H. The van der Waals surface area contributed by atoms with Crippen LogP contribution in [0.15, 0.2) is 35.1 Å². The van der Waals surface area contributed by atoms with Gasteiger partial charge in [-0.25, -0.2) is 9.88 Å². The maximum Gasteiger partial charge on any atom is 0.258 e. The second-order valence-electron chi connectivity index (χ2n) is 4.37. The van der Waals surface area contributed by atoms with Crippen LogP contribution in [0.4, 0.5) is 11.5 Å². The summed E-state index contributed by atoms with van der Waals surface area (Å²) < 4.78 is 5.41. The average Bonchev–Trinajstić information content (AvgIpc) is 2.96. The number of hydrogen-bond acceptors (Lipinski definition) is 5. The predicted molar refractivity (Wildman–Crippen MR) is 84.5 cm³/mol. The van der Waals surface area contributed by atoms with Gasteiger partial charge in [0, 0.05) is 26.2 Å². The molecule has 0 radical (unpaired) electrons. The van der Waals surface area contributed by atoms with Crippen LogP contribution in [-0.4, -0.2) is 30.9 Å². The Hall–Kier alpha value is -2.05. The highest BCUT2D eigenvalue weighted by molar-refractivity contribution is 6.30. The molecule has 0 fully saturated rings. The molecule has 0 spiro atoms. The minimum absolute atomic E-state index is 0. The smallest absolute Gasteiger partial charge is 0.258 e. The molecule has 112 valence electrons. The van der Waals surface area contributed by atoms with E-state index in [1.165, 1.54) is 24.6 Å². The highest BCUT2D eigenvalue weighted by Gasteiger charge is 2.28. The molecule has 6 nitrogen and oxygen atoms in total. The van der Waals surface area contributed by atoms with E-state index in [-0.39, 0.29) is 36.6 Å². The molecule has 0 saturated heterocycles. The third kappa shape index (κ3) is 2.59. The van der Waals surface area contributed by atoms with E-state index < -0.39 is 0 Å². The molecular weight excluding hydrogens is 317 g/mol. The SMILES string of the molecule is CN(C)c1ncc(N2C(=O)C=CC2=O)c2occc12.Cl.Cl. The highest BCUT2D eigenvalue weighted by Crippen LogP contribution is 2.33. The number of rotatable bonds is 2. The molecule has 2 aromatic rings. The first-order valence-electron chi connectivity index (χ1n) is 5.69. The lowest BCUT2D eigenvalue weighted by molar-refractivity contribution is -0.119. The fourth-order valence-electron chi connectivity index (χ4n) is 2.09. The van der Waals surface area contributed by atoms with Crippen molar-refractivity contribution < 1.29 is 14.0 Å². The summed E-state index contributed by atoms with van der Waals surface area (Å²) in [6, 6.07) is 1.76. The fourth-order valence-corrected chi connectivity index (χ4v) is 2.09. The van der Waals surface area contributed by atoms with Crippen molar-refractivity contribution in [1.82, 2.24) is 4.98 Å². The second-order valence-corrected chi connectivity index (χ2v) is 4.37. The minimum Gasteiger partial charge on any atom is -0.462 e. The fraction of sp³-hybridized carbons (Fsp3) is 0.154. The quantitative estimate of drug-likeness (QED) is 0.790. The number of fused-ring (bicyclic) bond motifs is 1. The van der Waals surface area contributed by atoms with Crippen LogP contribution in [-0.2, 0) is 9.59 Å². The summed E-state index contributed by atoms with van der Waals surface area (Å²) >= 11 is 0. The van der Waals surface area contributed by atoms with Crippen molar-refractivity contribution in [3.63, 3.8) is 0 Å². The van der Waals surface area contributed by atoms with Gasteiger partial charge in [-0.1, -0.05) is 0 Å². The van der Waals surface area contributed by atoms with Crippen LogP contribution in [0, 0.1) is 0 Å². The van der Waals surface area contributed by atoms with E-state index in [1.54, 1.807) is 6.07 Å². The zero-order valence-corrected chi connectivity index (χ0v) is 12.9. The lowest BCUT2D eigenvalue weighted by atomic mass is 10.2. The number of furan rings is 1. The molecule has 0 unspecified atom stereocenters. The Labute approximate surface area is 133 Å². The predicted octanol–water partition coefficient (Wildman–Crippen LogP) is 2.17. The normalized spacial score (nSPS) is 13.3. The molecule has 0 N–H and O–H groups in total. The van der Waals surface area contributed by atoms with Gasteiger partial charge in [-0.2, -0.15) is 0 Å². The zero-order valence-electron chi connectivity index (χ0n) is 11.3. The van der Waals surface area contributed by atoms with Crippen molar-refractivity contribution in [1.29, 1.82) is 0 Å². The van der Waals surface area contributed by atoms with Crippen molar-refractivity contribution in [2.75, 3.05) is 23.9 Å². The molecule has 0 aromatic carbocycles. The van der Waals surface area contributed by atoms with Crippen LogP contribution in [0.2, 0.25) is 0 Å². The molecule has 0 bridgehead atoms. The Morgan fingerprint density at radius 2 is 1.76 bits per heavy atom. The van der Waals surface area contributed by atoms with Crippen LogP contribution < -0.4 is 9.80 Å². The summed E-state index contributed by atoms with van der Waals surface area (Å²) in [5, 5.41) is 0.759. The number of pyridine rings is 1. The number of hydrogen-bond donors (Lipinski definition) is 0. The molecule has 2 aromatic heterocycles. The summed E-state index contributed by atoms with van der Waals surface area (Å²) in [6.07, 6.45) is 5.46. The van der Waals surface area contributed by atoms with E-state index in [9.17, 15) is 9.59 Å². The number of imide groups is 1. The maximum absolute atomic E-state index is 11.7. The number of halogens is 2. The molecule has 8 heteroatoms. The van der Waals surface area contributed by atoms with Crippen molar-refractivity contribution in [3.8, 4) is 0 Å². The van der Waals surface area contributed by atoms with E-state index in [1.807, 2.05) is 19.0 Å². The van der Waals surface area contributed by atoms with Crippen molar-refractivity contribution in [3.05, 3.63) is 30.7 Å². The molecule has 0 atom stereocenters. The summed E-state index contributed by atoms with van der Waals surface area (Å²) in [6.45, 7) is 0. The summed E-state index contributed by atoms with van der Waals surface area (Å²) in [5.74, 6) is -0.0521. The molecule has 0 aliphatic carbocycles. The highest BCUT2D eigenvalue weighted by atomic mass is 35.5. The number of carbonyl (C=O) groups excluding carboxylic acids is 2. The van der Waals surface area contributed by atoms with Gasteiger partial charge in [-0.05, 0) is 6.07 Å². The number of amides is 2. The lowest BCUT2D eigenvalue weighted by Gasteiger charge is -2.17. The number of carbonyl (C=O) groups is 2. The average molecular weight is 330 g/mol. The molecule has 3 rings (SSSR count). The molecule has 0 saturated carbocycles. The molecule has 1 aliphatic heterocycles. The molecule has 1 aliphatic rings. The van der Waals surface area contributed by atoms with E-state index in [0.29, 0.717) is 11.3 Å². The summed E-state index contributed by atoms with van der Waals surface area (Å²) in [5.41, 5.74) is 0.842. The van der Waals surface area contributed by atoms with E-state index >= 15 is 0 Å². The van der Waals surface area contributed by atoms with Crippen molar-refractivity contribution in [2.24, 2.45) is 0 Å². The first-order valence-corrected chi connectivity index (χ1v) is 5.69. The van der Waals surface area contributed by atoms with Gasteiger partial charge in [0.15, 0.2) is 5.58 Å². The van der Waals surface area contributed by atoms with E-state index in [4.69, 9.17) is 4.42 Å². The van der Waals surface area contributed by atoms with E-state index in [0.717, 1.165) is 16.1 Å². The minimum atomic E-state index is -0.387. The van der Waals surface area contributed by atoms with Crippen LogP contribution in [0.3, 0.4) is 0 Å². The lowest BCUT2D eigenvalue weighted by Crippen LogP contribution is -2.30. The van der Waals surface area contributed by atoms with Gasteiger partial charge in [-0.3, -0.25) is 9.59 Å². The third-order valence-electron chi connectivity index (χ3n) is 2.92. The third-order valence-corrected chi connectivity index (χ3v) is 2.92. The molecule has 21 heavy (non-hydrogen) atoms. The Balaban J connectivity index is 0.00000110. The van der Waals surface area contributed by atoms with Gasteiger partial charge in [0.2, 0.25) is 0 Å². The first-order chi connectivity index (χ1) is 9.09. The van der Waals surface area contributed by atoms with Gasteiger partial charge in [0.05, 0.1) is 17.8 Å². The van der Waals surface area contributed by atoms with Crippen molar-refractivity contribution in [2.45, 2.75) is 0 Å². The number of aromatic nitrogens is 1. The Morgan fingerprint density at radius 3 is 2.33 bits per heavy atom. The summed E-state index contributed by atoms with van der Waals surface area (Å²) in [7, 11) is 3.73. The van der Waals surface area contributed by atoms with Gasteiger partial charge in [-0.15, -0.1) is 24.8 Å². The van der Waals surface area contributed by atoms with Gasteiger partial charge < -0.3 is 9.32 Å². The van der Waals surface area contributed by atoms with Gasteiger partial charge in [0.25, 0.3) is 11.8 Å². The molecule has 2 amide bonds. The van der Waals surface area contributed by atoms with Crippen LogP contribution >= 0.6 is 24.8 Å². The maximum atomic E-state index is 11.7. The first kappa shape index (κ1) is 17.0. The zero-order chi connectivity index (χ0) is 13.6. The largest absolute Gasteiger partial charge is 0.462 e. The molecule has 3 heterocycles. The van der Waals surface area contributed by atoms with Gasteiger partial charge in [0.1, 0.15) is 11.5 Å². The topological polar surface area (TPSA) is 66.7 Å². The van der Waals surface area contributed by atoms with Gasteiger partial charge >= 0.3 is 0 Å². The Bertz CT molecular complexity index is 707. The Kier molecular flexibility index (Phi) is 4.98.